The first kappa shape index (κ1) is 20.4. The Hall–Kier alpha value is -3.87. The molecule has 2 amide bonds. The number of benzene rings is 3. The molecule has 1 heterocycles. The Morgan fingerprint density at radius 2 is 1.71 bits per heavy atom. The maximum Gasteiger partial charge on any atom is 0.243 e. The van der Waals surface area contributed by atoms with Crippen molar-refractivity contribution < 1.29 is 18.7 Å². The maximum atomic E-state index is 13.1. The first-order chi connectivity index (χ1) is 15.1. The maximum absolute atomic E-state index is 13.1. The van der Waals surface area contributed by atoms with Crippen molar-refractivity contribution in [3.05, 3.63) is 90.2 Å². The first-order valence-electron chi connectivity index (χ1n) is 9.98. The van der Waals surface area contributed by atoms with Crippen molar-refractivity contribution in [1.82, 2.24) is 5.43 Å². The summed E-state index contributed by atoms with van der Waals surface area (Å²) in [6.45, 7) is 0.640. The lowest BCUT2D eigenvalue weighted by molar-refractivity contribution is -0.125. The number of rotatable bonds is 7. The molecule has 0 unspecified atom stereocenters. The van der Waals surface area contributed by atoms with Crippen LogP contribution in [0.25, 0.3) is 0 Å². The van der Waals surface area contributed by atoms with E-state index >= 15 is 0 Å². The van der Waals surface area contributed by atoms with Crippen LogP contribution in [0.1, 0.15) is 12.0 Å². The summed E-state index contributed by atoms with van der Waals surface area (Å²) < 4.78 is 19.0. The molecular formula is C24H22FN3O3. The van der Waals surface area contributed by atoms with Crippen LogP contribution in [-0.2, 0) is 16.2 Å². The van der Waals surface area contributed by atoms with Crippen LogP contribution < -0.4 is 20.5 Å². The number of hydrogen-bond acceptors (Lipinski definition) is 4. The molecule has 0 aromatic heterocycles. The summed E-state index contributed by atoms with van der Waals surface area (Å²) in [7, 11) is 0. The van der Waals surface area contributed by atoms with Gasteiger partial charge in [0.25, 0.3) is 0 Å². The molecule has 1 saturated heterocycles. The summed E-state index contributed by atoms with van der Waals surface area (Å²) in [6, 6.07) is 22.7. The minimum absolute atomic E-state index is 0.0943. The zero-order valence-electron chi connectivity index (χ0n) is 16.8. The second kappa shape index (κ2) is 9.30. The van der Waals surface area contributed by atoms with Crippen LogP contribution >= 0.6 is 0 Å². The predicted molar refractivity (Wildman–Crippen MR) is 116 cm³/mol. The zero-order chi connectivity index (χ0) is 21.6. The van der Waals surface area contributed by atoms with Crippen LogP contribution in [0.15, 0.2) is 78.9 Å². The molecule has 6 nitrogen and oxygen atoms in total. The number of nitrogens with zero attached hydrogens (tertiary/aromatic N) is 1. The van der Waals surface area contributed by atoms with Crippen LogP contribution in [0, 0.1) is 11.7 Å². The van der Waals surface area contributed by atoms with E-state index in [1.54, 1.807) is 6.07 Å². The molecule has 1 aliphatic heterocycles. The van der Waals surface area contributed by atoms with Crippen LogP contribution in [0.5, 0.6) is 5.75 Å². The minimum Gasteiger partial charge on any atom is -0.487 e. The van der Waals surface area contributed by atoms with Crippen molar-refractivity contribution >= 4 is 23.2 Å². The van der Waals surface area contributed by atoms with Gasteiger partial charge in [-0.3, -0.25) is 20.4 Å². The summed E-state index contributed by atoms with van der Waals surface area (Å²) in [5.74, 6) is -0.749. The molecular weight excluding hydrogens is 397 g/mol. The van der Waals surface area contributed by atoms with E-state index in [-0.39, 0.29) is 30.6 Å². The molecule has 3 aromatic carbocycles. The second-order valence-corrected chi connectivity index (χ2v) is 7.27. The molecule has 2 N–H and O–H groups in total. The highest BCUT2D eigenvalue weighted by Gasteiger charge is 2.35. The van der Waals surface area contributed by atoms with Gasteiger partial charge >= 0.3 is 0 Å². The molecule has 1 fully saturated rings. The van der Waals surface area contributed by atoms with Gasteiger partial charge in [-0.05, 0) is 42.0 Å². The number of anilines is 2. The highest BCUT2D eigenvalue weighted by Crippen LogP contribution is 2.27. The molecule has 1 aliphatic rings. The number of halogens is 1. The SMILES string of the molecule is O=C(NNc1ccccc1OCc1ccccc1)[C@H]1CC(=O)N(c2ccc(F)cc2)C1. The Morgan fingerprint density at radius 1 is 1.00 bits per heavy atom. The van der Waals surface area contributed by atoms with E-state index in [1.807, 2.05) is 48.5 Å². The molecule has 158 valence electrons. The fraction of sp³-hybridized carbons (Fsp3) is 0.167. The van der Waals surface area contributed by atoms with E-state index in [9.17, 15) is 14.0 Å². The lowest BCUT2D eigenvalue weighted by Crippen LogP contribution is -2.36. The lowest BCUT2D eigenvalue weighted by atomic mass is 10.1. The third-order valence-corrected chi connectivity index (χ3v) is 5.08. The molecule has 0 spiro atoms. The summed E-state index contributed by atoms with van der Waals surface area (Å²) >= 11 is 0. The molecule has 4 rings (SSSR count). The third kappa shape index (κ3) is 5.01. The Bertz CT molecular complexity index is 1060. The Morgan fingerprint density at radius 3 is 2.48 bits per heavy atom. The molecule has 31 heavy (non-hydrogen) atoms. The van der Waals surface area contributed by atoms with Crippen LogP contribution in [0.4, 0.5) is 15.8 Å². The first-order valence-corrected chi connectivity index (χ1v) is 9.98. The zero-order valence-corrected chi connectivity index (χ0v) is 16.8. The Labute approximate surface area is 179 Å². The number of nitrogens with one attached hydrogen (secondary N) is 2. The quantitative estimate of drug-likeness (QED) is 0.570. The normalized spacial score (nSPS) is 15.6. The average Bonchev–Trinajstić information content (AvgIpc) is 3.19. The fourth-order valence-electron chi connectivity index (χ4n) is 3.42. The Balaban J connectivity index is 1.35. The molecule has 0 aliphatic carbocycles. The van der Waals surface area contributed by atoms with E-state index in [1.165, 1.54) is 29.2 Å². The van der Waals surface area contributed by atoms with E-state index in [0.29, 0.717) is 23.7 Å². The monoisotopic (exact) mass is 419 g/mol. The van der Waals surface area contributed by atoms with Crippen LogP contribution in [0.2, 0.25) is 0 Å². The Kier molecular flexibility index (Phi) is 6.12. The molecule has 3 aromatic rings. The number of para-hydroxylation sites is 2. The van der Waals surface area contributed by atoms with Gasteiger partial charge in [-0.1, -0.05) is 42.5 Å². The van der Waals surface area contributed by atoms with E-state index in [4.69, 9.17) is 4.74 Å². The number of carbonyl (C=O) groups is 2. The van der Waals surface area contributed by atoms with Crippen molar-refractivity contribution in [2.45, 2.75) is 13.0 Å². The second-order valence-electron chi connectivity index (χ2n) is 7.27. The standard InChI is InChI=1S/C24H22FN3O3/c25-19-10-12-20(13-11-19)28-15-18(14-23(28)29)24(30)27-26-21-8-4-5-9-22(21)31-16-17-6-2-1-3-7-17/h1-13,18,26H,14-16H2,(H,27,30)/t18-/m0/s1. The number of hydrazine groups is 1. The van der Waals surface area contributed by atoms with Gasteiger partial charge in [0.05, 0.1) is 11.6 Å². The van der Waals surface area contributed by atoms with Gasteiger partial charge in [-0.25, -0.2) is 4.39 Å². The molecule has 7 heteroatoms. The number of amides is 2. The van der Waals surface area contributed by atoms with Gasteiger partial charge in [0, 0.05) is 18.7 Å². The van der Waals surface area contributed by atoms with E-state index in [2.05, 4.69) is 10.9 Å². The molecule has 0 saturated carbocycles. The summed E-state index contributed by atoms with van der Waals surface area (Å²) in [5.41, 5.74) is 7.80. The number of hydrogen-bond donors (Lipinski definition) is 2. The average molecular weight is 419 g/mol. The molecule has 0 bridgehead atoms. The van der Waals surface area contributed by atoms with E-state index < -0.39 is 5.92 Å². The fourth-order valence-corrected chi connectivity index (χ4v) is 3.42. The molecule has 0 radical (unpaired) electrons. The molecule has 1 atom stereocenters. The smallest absolute Gasteiger partial charge is 0.243 e. The lowest BCUT2D eigenvalue weighted by Gasteiger charge is -2.17. The van der Waals surface area contributed by atoms with Gasteiger partial charge in [-0.15, -0.1) is 0 Å². The van der Waals surface area contributed by atoms with Gasteiger partial charge in [0.2, 0.25) is 11.8 Å². The van der Waals surface area contributed by atoms with Crippen molar-refractivity contribution in [1.29, 1.82) is 0 Å². The van der Waals surface area contributed by atoms with Crippen LogP contribution in [0.3, 0.4) is 0 Å². The van der Waals surface area contributed by atoms with Gasteiger partial charge in [0.1, 0.15) is 18.2 Å². The topological polar surface area (TPSA) is 70.7 Å². The minimum atomic E-state index is -0.512. The van der Waals surface area contributed by atoms with Crippen LogP contribution in [-0.4, -0.2) is 18.4 Å². The summed E-state index contributed by atoms with van der Waals surface area (Å²) in [6.07, 6.45) is 0.0943. The summed E-state index contributed by atoms with van der Waals surface area (Å²) in [5, 5.41) is 0. The van der Waals surface area contributed by atoms with Crippen molar-refractivity contribution in [2.75, 3.05) is 16.9 Å². The summed E-state index contributed by atoms with van der Waals surface area (Å²) in [4.78, 5) is 26.5. The third-order valence-electron chi connectivity index (χ3n) is 5.08. The predicted octanol–water partition coefficient (Wildman–Crippen LogP) is 3.90. The highest BCUT2D eigenvalue weighted by molar-refractivity contribution is 6.00. The van der Waals surface area contributed by atoms with Crippen molar-refractivity contribution in [2.24, 2.45) is 5.92 Å². The largest absolute Gasteiger partial charge is 0.487 e. The van der Waals surface area contributed by atoms with Gasteiger partial charge in [-0.2, -0.15) is 0 Å². The van der Waals surface area contributed by atoms with Crippen molar-refractivity contribution in [3.8, 4) is 5.75 Å². The number of ether oxygens (including phenoxy) is 1. The van der Waals surface area contributed by atoms with E-state index in [0.717, 1.165) is 5.56 Å². The highest BCUT2D eigenvalue weighted by atomic mass is 19.1. The van der Waals surface area contributed by atoms with Crippen molar-refractivity contribution in [3.63, 3.8) is 0 Å². The van der Waals surface area contributed by atoms with Gasteiger partial charge < -0.3 is 9.64 Å². The number of carbonyl (C=O) groups excluding carboxylic acids is 2. The van der Waals surface area contributed by atoms with Gasteiger partial charge in [0.15, 0.2) is 0 Å².